The Morgan fingerprint density at radius 1 is 1.00 bits per heavy atom. The zero-order chi connectivity index (χ0) is 15.8. The molecule has 5 aliphatic rings. The summed E-state index contributed by atoms with van der Waals surface area (Å²) in [5, 5.41) is 0. The van der Waals surface area contributed by atoms with Crippen LogP contribution in [-0.2, 0) is 4.79 Å². The van der Waals surface area contributed by atoms with E-state index in [0.29, 0.717) is 23.0 Å². The molecule has 4 fully saturated rings. The molecular formula is C22H32O. The molecule has 126 valence electrons. The van der Waals surface area contributed by atoms with Crippen LogP contribution in [0.25, 0.3) is 0 Å². The number of Topliss-reactive ketones (excluding diaryl/α,β-unsaturated/α-hetero) is 1. The molecule has 0 radical (unpaired) electrons. The van der Waals surface area contributed by atoms with Crippen LogP contribution in [0, 0.1) is 40.4 Å². The van der Waals surface area contributed by atoms with Crippen LogP contribution in [0.4, 0.5) is 0 Å². The van der Waals surface area contributed by atoms with Crippen molar-refractivity contribution in [2.75, 3.05) is 0 Å². The molecule has 0 aromatic heterocycles. The van der Waals surface area contributed by atoms with Crippen molar-refractivity contribution >= 4 is 5.78 Å². The smallest absolute Gasteiger partial charge is 0.142 e. The quantitative estimate of drug-likeness (QED) is 0.581. The molecule has 1 nitrogen and oxygen atoms in total. The molecular weight excluding hydrogens is 280 g/mol. The second-order valence-corrected chi connectivity index (χ2v) is 9.97. The Morgan fingerprint density at radius 3 is 2.61 bits per heavy atom. The Hall–Kier alpha value is -0.590. The molecule has 0 spiro atoms. The van der Waals surface area contributed by atoms with Crippen LogP contribution in [0.5, 0.6) is 0 Å². The van der Waals surface area contributed by atoms with Gasteiger partial charge in [-0.3, -0.25) is 4.79 Å². The topological polar surface area (TPSA) is 17.1 Å². The van der Waals surface area contributed by atoms with Crippen LogP contribution in [-0.4, -0.2) is 5.78 Å². The molecule has 0 heterocycles. The number of fused-ring (bicyclic) bond motifs is 5. The molecule has 6 atom stereocenters. The third-order valence-corrected chi connectivity index (χ3v) is 9.01. The summed E-state index contributed by atoms with van der Waals surface area (Å²) >= 11 is 0. The van der Waals surface area contributed by atoms with Gasteiger partial charge in [-0.2, -0.15) is 0 Å². The van der Waals surface area contributed by atoms with Crippen LogP contribution in [0.15, 0.2) is 11.6 Å². The Kier molecular flexibility index (Phi) is 3.03. The lowest BCUT2D eigenvalue weighted by atomic mass is 9.48. The number of carbonyl (C=O) groups is 1. The van der Waals surface area contributed by atoms with E-state index in [4.69, 9.17) is 0 Å². The largest absolute Gasteiger partial charge is 0.299 e. The van der Waals surface area contributed by atoms with Gasteiger partial charge >= 0.3 is 0 Å². The van der Waals surface area contributed by atoms with E-state index in [0.717, 1.165) is 17.8 Å². The highest BCUT2D eigenvalue weighted by atomic mass is 16.1. The molecule has 0 aromatic carbocycles. The van der Waals surface area contributed by atoms with Gasteiger partial charge in [0.1, 0.15) is 5.78 Å². The van der Waals surface area contributed by atoms with Crippen LogP contribution < -0.4 is 0 Å². The predicted molar refractivity (Wildman–Crippen MR) is 92.9 cm³/mol. The van der Waals surface area contributed by atoms with Crippen molar-refractivity contribution in [2.45, 2.75) is 78.1 Å². The minimum absolute atomic E-state index is 0.0325. The fraction of sp³-hybridized carbons (Fsp3) is 0.864. The molecule has 4 saturated carbocycles. The molecule has 0 aliphatic heterocycles. The summed E-state index contributed by atoms with van der Waals surface area (Å²) in [5.41, 5.74) is 2.30. The van der Waals surface area contributed by atoms with Crippen LogP contribution >= 0.6 is 0 Å². The number of carbonyl (C=O) groups excluding carboxylic acids is 1. The molecule has 0 N–H and O–H groups in total. The van der Waals surface area contributed by atoms with Crippen molar-refractivity contribution < 1.29 is 4.79 Å². The minimum Gasteiger partial charge on any atom is -0.299 e. The maximum Gasteiger partial charge on any atom is 0.142 e. The maximum atomic E-state index is 13.2. The third-order valence-electron chi connectivity index (χ3n) is 9.01. The molecule has 0 bridgehead atoms. The first-order valence-electron chi connectivity index (χ1n) is 10.3. The highest BCUT2D eigenvalue weighted by Crippen LogP contribution is 2.66. The number of hydrogen-bond donors (Lipinski definition) is 0. The van der Waals surface area contributed by atoms with Crippen molar-refractivity contribution in [2.24, 2.45) is 40.4 Å². The van der Waals surface area contributed by atoms with E-state index in [1.165, 1.54) is 64.2 Å². The van der Waals surface area contributed by atoms with E-state index in [2.05, 4.69) is 19.9 Å². The van der Waals surface area contributed by atoms with Gasteiger partial charge in [0.15, 0.2) is 0 Å². The van der Waals surface area contributed by atoms with Crippen molar-refractivity contribution in [3.8, 4) is 0 Å². The first-order chi connectivity index (χ1) is 11.0. The first kappa shape index (κ1) is 14.7. The van der Waals surface area contributed by atoms with E-state index in [1.807, 2.05) is 0 Å². The summed E-state index contributed by atoms with van der Waals surface area (Å²) < 4.78 is 0. The molecule has 1 unspecified atom stereocenters. The summed E-state index contributed by atoms with van der Waals surface area (Å²) in [4.78, 5) is 13.2. The number of ketones is 1. The van der Waals surface area contributed by atoms with E-state index >= 15 is 0 Å². The summed E-state index contributed by atoms with van der Waals surface area (Å²) in [6.07, 6.45) is 15.9. The predicted octanol–water partition coefficient (Wildman–Crippen LogP) is 5.54. The lowest BCUT2D eigenvalue weighted by molar-refractivity contribution is -0.134. The third kappa shape index (κ3) is 1.89. The van der Waals surface area contributed by atoms with Gasteiger partial charge in [0.05, 0.1) is 0 Å². The van der Waals surface area contributed by atoms with Crippen molar-refractivity contribution in [1.82, 2.24) is 0 Å². The lowest BCUT2D eigenvalue weighted by Crippen LogP contribution is -2.49. The molecule has 0 amide bonds. The molecule has 5 aliphatic carbocycles. The first-order valence-corrected chi connectivity index (χ1v) is 10.3. The summed E-state index contributed by atoms with van der Waals surface area (Å²) in [5.74, 6) is 4.24. The standard InChI is InChI=1S/C22H32O/c1-21-11-4-3-5-15(21)8-9-16-18(21)10-12-22(2)19(16)13-17(20(22)23)14-6-7-14/h8,14,16-19H,3-7,9-13H2,1-2H3/t16-,17?,18-,19+,21+,22+/m1/s1. The summed E-state index contributed by atoms with van der Waals surface area (Å²) in [6.45, 7) is 4.92. The monoisotopic (exact) mass is 312 g/mol. The Bertz CT molecular complexity index is 571. The van der Waals surface area contributed by atoms with Gasteiger partial charge < -0.3 is 0 Å². The average molecular weight is 312 g/mol. The van der Waals surface area contributed by atoms with Crippen LogP contribution in [0.1, 0.15) is 78.1 Å². The highest BCUT2D eigenvalue weighted by molar-refractivity contribution is 5.90. The Labute approximate surface area is 141 Å². The van der Waals surface area contributed by atoms with Crippen molar-refractivity contribution in [3.63, 3.8) is 0 Å². The average Bonchev–Trinajstić information content (AvgIpc) is 3.33. The van der Waals surface area contributed by atoms with Gasteiger partial charge in [0.25, 0.3) is 0 Å². The van der Waals surface area contributed by atoms with Crippen LogP contribution in [0.3, 0.4) is 0 Å². The molecule has 1 heteroatoms. The summed E-state index contributed by atoms with van der Waals surface area (Å²) in [7, 11) is 0. The molecule has 0 aromatic rings. The van der Waals surface area contributed by atoms with E-state index < -0.39 is 0 Å². The maximum absolute atomic E-state index is 13.2. The van der Waals surface area contributed by atoms with Gasteiger partial charge in [-0.1, -0.05) is 31.9 Å². The van der Waals surface area contributed by atoms with E-state index in [9.17, 15) is 4.79 Å². The lowest BCUT2D eigenvalue weighted by Gasteiger charge is -2.56. The minimum atomic E-state index is 0.0325. The normalized spacial score (nSPS) is 52.4. The Morgan fingerprint density at radius 2 is 1.83 bits per heavy atom. The number of allylic oxidation sites excluding steroid dienone is 2. The summed E-state index contributed by atoms with van der Waals surface area (Å²) in [6, 6.07) is 0. The molecule has 23 heavy (non-hydrogen) atoms. The van der Waals surface area contributed by atoms with E-state index in [1.54, 1.807) is 5.57 Å². The van der Waals surface area contributed by atoms with E-state index in [-0.39, 0.29) is 5.41 Å². The SMILES string of the molecule is C[C@]12CCCCC1=CC[C@@H]1[C@H]2CC[C@]2(C)C(=O)C(C3CC3)C[C@@H]12. The molecule has 0 saturated heterocycles. The van der Waals surface area contributed by atoms with Gasteiger partial charge in [-0.05, 0) is 86.9 Å². The zero-order valence-electron chi connectivity index (χ0n) is 14.9. The van der Waals surface area contributed by atoms with Gasteiger partial charge in [0, 0.05) is 11.3 Å². The van der Waals surface area contributed by atoms with Crippen LogP contribution in [0.2, 0.25) is 0 Å². The van der Waals surface area contributed by atoms with Gasteiger partial charge in [0.2, 0.25) is 0 Å². The van der Waals surface area contributed by atoms with Gasteiger partial charge in [-0.25, -0.2) is 0 Å². The number of rotatable bonds is 1. The fourth-order valence-corrected chi connectivity index (χ4v) is 7.47. The second-order valence-electron chi connectivity index (χ2n) is 9.97. The fourth-order valence-electron chi connectivity index (χ4n) is 7.47. The van der Waals surface area contributed by atoms with Crippen molar-refractivity contribution in [3.05, 3.63) is 11.6 Å². The Balaban J connectivity index is 1.50. The zero-order valence-corrected chi connectivity index (χ0v) is 14.9. The molecule has 5 rings (SSSR count). The van der Waals surface area contributed by atoms with Crippen molar-refractivity contribution in [1.29, 1.82) is 0 Å². The highest BCUT2D eigenvalue weighted by Gasteiger charge is 2.62. The van der Waals surface area contributed by atoms with Gasteiger partial charge in [-0.15, -0.1) is 0 Å². The second kappa shape index (κ2) is 4.73. The number of hydrogen-bond acceptors (Lipinski definition) is 1.